The summed E-state index contributed by atoms with van der Waals surface area (Å²) >= 11 is 1.86. The number of carboxylic acids is 1. The van der Waals surface area contributed by atoms with Gasteiger partial charge in [-0.25, -0.2) is 0 Å². The van der Waals surface area contributed by atoms with Crippen LogP contribution in [0.1, 0.15) is 41.6 Å². The summed E-state index contributed by atoms with van der Waals surface area (Å²) in [6.45, 7) is 3.41. The molecule has 136 valence electrons. The lowest BCUT2D eigenvalue weighted by Crippen LogP contribution is -2.37. The summed E-state index contributed by atoms with van der Waals surface area (Å²) in [7, 11) is 0. The van der Waals surface area contributed by atoms with Gasteiger partial charge in [0.1, 0.15) is 0 Å². The first kappa shape index (κ1) is 19.3. The van der Waals surface area contributed by atoms with Crippen LogP contribution in [0.15, 0.2) is 18.2 Å². The molecule has 0 aliphatic carbocycles. The molecule has 2 N–H and O–H groups in total. The van der Waals surface area contributed by atoms with Crippen molar-refractivity contribution < 1.29 is 19.5 Å². The molecular formula is C18H24N2O4S. The van der Waals surface area contributed by atoms with Crippen LogP contribution >= 0.6 is 11.8 Å². The van der Waals surface area contributed by atoms with Crippen molar-refractivity contribution in [3.05, 3.63) is 29.3 Å². The molecule has 0 bridgehead atoms. The highest BCUT2D eigenvalue weighted by molar-refractivity contribution is 7.99. The van der Waals surface area contributed by atoms with E-state index in [1.54, 1.807) is 12.1 Å². The Bertz CT molecular complexity index is 642. The summed E-state index contributed by atoms with van der Waals surface area (Å²) in [6, 6.07) is 5.32. The molecule has 1 aromatic carbocycles. The van der Waals surface area contributed by atoms with Crippen LogP contribution in [0, 0.1) is 6.92 Å². The Hall–Kier alpha value is -2.02. The molecular weight excluding hydrogens is 340 g/mol. The maximum absolute atomic E-state index is 12.5. The van der Waals surface area contributed by atoms with Crippen molar-refractivity contribution in [2.45, 2.75) is 32.6 Å². The number of rotatable bonds is 7. The van der Waals surface area contributed by atoms with E-state index in [-0.39, 0.29) is 18.2 Å². The Balaban J connectivity index is 1.89. The standard InChI is InChI=1S/C18H24N2O4S/c1-13-12-14(18(24)20-8-10-25-11-9-20)6-7-15(13)19-16(21)4-2-3-5-17(22)23/h6-7,12H,2-5,8-11H2,1H3,(H,19,21)(H,22,23). The summed E-state index contributed by atoms with van der Waals surface area (Å²) < 4.78 is 0. The Labute approximate surface area is 152 Å². The summed E-state index contributed by atoms with van der Waals surface area (Å²) in [5.41, 5.74) is 2.17. The van der Waals surface area contributed by atoms with Crippen LogP contribution in [0.2, 0.25) is 0 Å². The lowest BCUT2D eigenvalue weighted by molar-refractivity contribution is -0.137. The number of hydrogen-bond donors (Lipinski definition) is 2. The molecule has 6 nitrogen and oxygen atoms in total. The van der Waals surface area contributed by atoms with Crippen LogP contribution in [0.25, 0.3) is 0 Å². The normalized spacial score (nSPS) is 14.2. The van der Waals surface area contributed by atoms with Crippen LogP contribution < -0.4 is 5.32 Å². The summed E-state index contributed by atoms with van der Waals surface area (Å²) in [4.78, 5) is 36.8. The van der Waals surface area contributed by atoms with Gasteiger partial charge in [-0.3, -0.25) is 14.4 Å². The van der Waals surface area contributed by atoms with Gasteiger partial charge >= 0.3 is 5.97 Å². The maximum atomic E-state index is 12.5. The van der Waals surface area contributed by atoms with Gasteiger partial charge in [0.25, 0.3) is 5.91 Å². The van der Waals surface area contributed by atoms with E-state index in [1.807, 2.05) is 29.7 Å². The van der Waals surface area contributed by atoms with Gasteiger partial charge in [0.15, 0.2) is 0 Å². The fraction of sp³-hybridized carbons (Fsp3) is 0.500. The monoisotopic (exact) mass is 364 g/mol. The van der Waals surface area contributed by atoms with Crippen molar-refractivity contribution in [3.8, 4) is 0 Å². The average molecular weight is 364 g/mol. The largest absolute Gasteiger partial charge is 0.481 e. The molecule has 1 saturated heterocycles. The summed E-state index contributed by atoms with van der Waals surface area (Å²) in [6.07, 6.45) is 1.40. The number of hydrogen-bond acceptors (Lipinski definition) is 4. The number of carbonyl (C=O) groups is 3. The first-order valence-electron chi connectivity index (χ1n) is 8.46. The zero-order valence-corrected chi connectivity index (χ0v) is 15.2. The number of aryl methyl sites for hydroxylation is 1. The highest BCUT2D eigenvalue weighted by Gasteiger charge is 2.19. The number of unbranched alkanes of at least 4 members (excludes halogenated alkanes) is 1. The molecule has 1 aliphatic rings. The second-order valence-electron chi connectivity index (χ2n) is 6.08. The van der Waals surface area contributed by atoms with Crippen LogP contribution in [0.3, 0.4) is 0 Å². The van der Waals surface area contributed by atoms with Crippen LogP contribution in [0.4, 0.5) is 5.69 Å². The number of carboxylic acid groups (broad SMARTS) is 1. The number of anilines is 1. The van der Waals surface area contributed by atoms with E-state index in [0.29, 0.717) is 30.5 Å². The van der Waals surface area contributed by atoms with E-state index >= 15 is 0 Å². The molecule has 0 spiro atoms. The summed E-state index contributed by atoms with van der Waals surface area (Å²) in [5.74, 6) is 1.00. The van der Waals surface area contributed by atoms with Gasteiger partial charge in [-0.05, 0) is 43.5 Å². The molecule has 0 aromatic heterocycles. The molecule has 0 unspecified atom stereocenters. The molecule has 0 saturated carbocycles. The molecule has 7 heteroatoms. The first-order valence-corrected chi connectivity index (χ1v) is 9.62. The fourth-order valence-electron chi connectivity index (χ4n) is 2.66. The van der Waals surface area contributed by atoms with Crippen molar-refractivity contribution in [1.29, 1.82) is 0 Å². The molecule has 0 radical (unpaired) electrons. The lowest BCUT2D eigenvalue weighted by atomic mass is 10.1. The smallest absolute Gasteiger partial charge is 0.303 e. The number of nitrogens with one attached hydrogen (secondary N) is 1. The van der Waals surface area contributed by atoms with Gasteiger partial charge in [-0.1, -0.05) is 0 Å². The van der Waals surface area contributed by atoms with E-state index in [0.717, 1.165) is 30.2 Å². The molecule has 1 heterocycles. The minimum Gasteiger partial charge on any atom is -0.481 e. The minimum atomic E-state index is -0.844. The fourth-order valence-corrected chi connectivity index (χ4v) is 3.56. The van der Waals surface area contributed by atoms with E-state index < -0.39 is 5.97 Å². The van der Waals surface area contributed by atoms with Crippen molar-refractivity contribution >= 4 is 35.2 Å². The van der Waals surface area contributed by atoms with Crippen LogP contribution in [-0.4, -0.2) is 52.4 Å². The van der Waals surface area contributed by atoms with Gasteiger partial charge in [-0.2, -0.15) is 11.8 Å². The molecule has 25 heavy (non-hydrogen) atoms. The highest BCUT2D eigenvalue weighted by Crippen LogP contribution is 2.20. The van der Waals surface area contributed by atoms with Gasteiger partial charge in [0.2, 0.25) is 5.91 Å². The van der Waals surface area contributed by atoms with E-state index in [9.17, 15) is 14.4 Å². The Morgan fingerprint density at radius 1 is 1.16 bits per heavy atom. The predicted octanol–water partition coefficient (Wildman–Crippen LogP) is 2.77. The summed E-state index contributed by atoms with van der Waals surface area (Å²) in [5, 5.41) is 11.4. The lowest BCUT2D eigenvalue weighted by Gasteiger charge is -2.26. The quantitative estimate of drug-likeness (QED) is 0.727. The Morgan fingerprint density at radius 3 is 2.48 bits per heavy atom. The van der Waals surface area contributed by atoms with Crippen molar-refractivity contribution in [2.75, 3.05) is 29.9 Å². The molecule has 2 rings (SSSR count). The topological polar surface area (TPSA) is 86.7 Å². The third-order valence-electron chi connectivity index (χ3n) is 4.09. The zero-order chi connectivity index (χ0) is 18.2. The van der Waals surface area contributed by atoms with E-state index in [4.69, 9.17) is 5.11 Å². The molecule has 0 atom stereocenters. The Morgan fingerprint density at radius 2 is 1.84 bits per heavy atom. The van der Waals surface area contributed by atoms with Gasteiger partial charge in [0, 0.05) is 48.7 Å². The SMILES string of the molecule is Cc1cc(C(=O)N2CCSCC2)ccc1NC(=O)CCCCC(=O)O. The van der Waals surface area contributed by atoms with E-state index in [2.05, 4.69) is 5.32 Å². The number of carbonyl (C=O) groups excluding carboxylic acids is 2. The maximum Gasteiger partial charge on any atom is 0.303 e. The number of thioether (sulfide) groups is 1. The molecule has 2 amide bonds. The second-order valence-corrected chi connectivity index (χ2v) is 7.31. The third kappa shape index (κ3) is 6.08. The minimum absolute atomic E-state index is 0.0370. The second kappa shape index (κ2) is 9.46. The number of amides is 2. The van der Waals surface area contributed by atoms with Gasteiger partial charge in [0.05, 0.1) is 0 Å². The number of aliphatic carboxylic acids is 1. The van der Waals surface area contributed by atoms with Crippen molar-refractivity contribution in [1.82, 2.24) is 4.90 Å². The zero-order valence-electron chi connectivity index (χ0n) is 14.4. The third-order valence-corrected chi connectivity index (χ3v) is 5.03. The average Bonchev–Trinajstić information content (AvgIpc) is 2.60. The van der Waals surface area contributed by atoms with Gasteiger partial charge in [-0.15, -0.1) is 0 Å². The van der Waals surface area contributed by atoms with Crippen LogP contribution in [-0.2, 0) is 9.59 Å². The van der Waals surface area contributed by atoms with Gasteiger partial charge < -0.3 is 15.3 Å². The van der Waals surface area contributed by atoms with E-state index in [1.165, 1.54) is 0 Å². The molecule has 1 aromatic rings. The first-order chi connectivity index (χ1) is 12.0. The van der Waals surface area contributed by atoms with Crippen molar-refractivity contribution in [3.63, 3.8) is 0 Å². The number of benzene rings is 1. The number of nitrogens with zero attached hydrogens (tertiary/aromatic N) is 1. The Kier molecular flexibility index (Phi) is 7.31. The molecule has 1 fully saturated rings. The van der Waals surface area contributed by atoms with Crippen molar-refractivity contribution in [2.24, 2.45) is 0 Å². The predicted molar refractivity (Wildman–Crippen MR) is 99.1 cm³/mol. The molecule has 1 aliphatic heterocycles. The highest BCUT2D eigenvalue weighted by atomic mass is 32.2. The van der Waals surface area contributed by atoms with Crippen LogP contribution in [0.5, 0.6) is 0 Å².